The summed E-state index contributed by atoms with van der Waals surface area (Å²) < 4.78 is 40.8. The Morgan fingerprint density at radius 2 is 1.92 bits per heavy atom. The van der Waals surface area contributed by atoms with Crippen molar-refractivity contribution in [3.63, 3.8) is 0 Å². The predicted molar refractivity (Wildman–Crippen MR) is 93.3 cm³/mol. The number of halogens is 3. The monoisotopic (exact) mass is 367 g/mol. The largest absolute Gasteiger partial charge is 0.369 e. The summed E-state index contributed by atoms with van der Waals surface area (Å²) in [5.41, 5.74) is 4.67. The van der Waals surface area contributed by atoms with Crippen molar-refractivity contribution in [2.45, 2.75) is 51.5 Å². The number of aryl methyl sites for hydroxylation is 1. The van der Waals surface area contributed by atoms with Crippen molar-refractivity contribution in [2.24, 2.45) is 22.1 Å². The molecule has 1 aromatic rings. The third-order valence-electron chi connectivity index (χ3n) is 6.03. The van der Waals surface area contributed by atoms with Crippen LogP contribution in [-0.2, 0) is 16.8 Å². The summed E-state index contributed by atoms with van der Waals surface area (Å²) in [6.07, 6.45) is 0.704. The molecule has 7 heteroatoms. The van der Waals surface area contributed by atoms with Gasteiger partial charge in [-0.05, 0) is 45.2 Å². The first-order valence-electron chi connectivity index (χ1n) is 8.70. The zero-order valence-electron chi connectivity index (χ0n) is 15.4. The molecule has 1 fully saturated rings. The fraction of sp³-hybridized carbons (Fsp3) is 0.579. The third kappa shape index (κ3) is 2.77. The number of benzene rings is 1. The minimum atomic E-state index is -2.56. The van der Waals surface area contributed by atoms with Crippen molar-refractivity contribution in [1.29, 1.82) is 0 Å². The van der Waals surface area contributed by atoms with Crippen LogP contribution in [0.15, 0.2) is 23.2 Å². The summed E-state index contributed by atoms with van der Waals surface area (Å²) in [5, 5.41) is 0. The van der Waals surface area contributed by atoms with Gasteiger partial charge >= 0.3 is 0 Å². The number of rotatable bonds is 4. The van der Waals surface area contributed by atoms with Gasteiger partial charge in [0.15, 0.2) is 5.96 Å². The van der Waals surface area contributed by atoms with E-state index in [0.29, 0.717) is 12.8 Å². The fourth-order valence-corrected chi connectivity index (χ4v) is 3.60. The summed E-state index contributed by atoms with van der Waals surface area (Å²) in [4.78, 5) is 18.4. The van der Waals surface area contributed by atoms with Crippen molar-refractivity contribution in [3.05, 3.63) is 35.1 Å². The standard InChI is InChI=1S/C19H24F3N3O/c1-17(2)15(26)25(4)16(23)24-18(17,3)13-9-11(6-8-14(13)20)5-7-12-10-19(12,21)22/h6,8-9,12H,5,7,10H2,1-4H3,(H2,23,24)/t12?,18-/m1/s1. The molecule has 4 nitrogen and oxygen atoms in total. The van der Waals surface area contributed by atoms with Crippen LogP contribution in [0.1, 0.15) is 44.7 Å². The molecule has 1 aliphatic carbocycles. The van der Waals surface area contributed by atoms with E-state index in [4.69, 9.17) is 5.73 Å². The van der Waals surface area contributed by atoms with Gasteiger partial charge in [-0.2, -0.15) is 0 Å². The summed E-state index contributed by atoms with van der Waals surface area (Å²) >= 11 is 0. The number of hydrogen-bond donors (Lipinski definition) is 1. The molecule has 0 aromatic heterocycles. The molecule has 2 aliphatic rings. The molecular weight excluding hydrogens is 343 g/mol. The van der Waals surface area contributed by atoms with Crippen LogP contribution in [0.25, 0.3) is 0 Å². The first-order valence-corrected chi connectivity index (χ1v) is 8.70. The van der Waals surface area contributed by atoms with Crippen LogP contribution in [0.5, 0.6) is 0 Å². The van der Waals surface area contributed by atoms with E-state index in [9.17, 15) is 18.0 Å². The Bertz CT molecular complexity index is 790. The Hall–Kier alpha value is -2.05. The topological polar surface area (TPSA) is 58.7 Å². The van der Waals surface area contributed by atoms with Crippen LogP contribution < -0.4 is 5.73 Å². The number of carbonyl (C=O) groups excluding carboxylic acids is 1. The molecule has 1 unspecified atom stereocenters. The molecule has 2 N–H and O–H groups in total. The number of carbonyl (C=O) groups is 1. The molecule has 1 heterocycles. The van der Waals surface area contributed by atoms with Crippen LogP contribution >= 0.6 is 0 Å². The maximum Gasteiger partial charge on any atom is 0.251 e. The smallest absolute Gasteiger partial charge is 0.251 e. The SMILES string of the molecule is CN1C(=O)C(C)(C)[C@@](C)(c2cc(CCC3CC3(F)F)ccc2F)N=C1N. The highest BCUT2D eigenvalue weighted by molar-refractivity contribution is 6.01. The number of hydrogen-bond acceptors (Lipinski definition) is 3. The number of nitrogens with zero attached hydrogens (tertiary/aromatic N) is 2. The van der Waals surface area contributed by atoms with Gasteiger partial charge in [-0.3, -0.25) is 9.69 Å². The number of nitrogens with two attached hydrogens (primary N) is 1. The van der Waals surface area contributed by atoms with Gasteiger partial charge in [0.25, 0.3) is 5.92 Å². The van der Waals surface area contributed by atoms with Gasteiger partial charge < -0.3 is 5.73 Å². The highest BCUT2D eigenvalue weighted by atomic mass is 19.3. The zero-order valence-corrected chi connectivity index (χ0v) is 15.4. The number of guanidine groups is 1. The molecular formula is C19H24F3N3O. The first kappa shape index (κ1) is 18.7. The van der Waals surface area contributed by atoms with Crippen molar-refractivity contribution >= 4 is 11.9 Å². The van der Waals surface area contributed by atoms with Crippen molar-refractivity contribution in [1.82, 2.24) is 4.90 Å². The Morgan fingerprint density at radius 1 is 1.31 bits per heavy atom. The fourth-order valence-electron chi connectivity index (χ4n) is 3.60. The minimum absolute atomic E-state index is 0.0271. The molecule has 0 spiro atoms. The van der Waals surface area contributed by atoms with Crippen LogP contribution in [-0.4, -0.2) is 29.7 Å². The first-order chi connectivity index (χ1) is 11.9. The molecule has 3 rings (SSSR count). The molecule has 0 saturated heterocycles. The van der Waals surface area contributed by atoms with Crippen molar-refractivity contribution in [2.75, 3.05) is 7.05 Å². The molecule has 1 aromatic carbocycles. The highest BCUT2D eigenvalue weighted by Gasteiger charge is 2.56. The second-order valence-electron chi connectivity index (χ2n) is 8.05. The molecule has 1 aliphatic heterocycles. The molecule has 142 valence electrons. The van der Waals surface area contributed by atoms with E-state index in [1.807, 2.05) is 0 Å². The maximum atomic E-state index is 14.7. The van der Waals surface area contributed by atoms with E-state index in [2.05, 4.69) is 4.99 Å². The lowest BCUT2D eigenvalue weighted by molar-refractivity contribution is -0.140. The van der Waals surface area contributed by atoms with Gasteiger partial charge in [0, 0.05) is 24.9 Å². The Balaban J connectivity index is 1.96. The predicted octanol–water partition coefficient (Wildman–Crippen LogP) is 3.44. The highest BCUT2D eigenvalue weighted by Crippen LogP contribution is 2.51. The zero-order chi connectivity index (χ0) is 19.5. The number of amides is 1. The van der Waals surface area contributed by atoms with Crippen LogP contribution in [0.3, 0.4) is 0 Å². The van der Waals surface area contributed by atoms with E-state index >= 15 is 0 Å². The van der Waals surface area contributed by atoms with E-state index < -0.39 is 28.6 Å². The number of alkyl halides is 2. The van der Waals surface area contributed by atoms with Crippen molar-refractivity contribution < 1.29 is 18.0 Å². The number of aliphatic imine (C=N–C) groups is 1. The maximum absolute atomic E-state index is 14.7. The lowest BCUT2D eigenvalue weighted by Gasteiger charge is -2.46. The second-order valence-corrected chi connectivity index (χ2v) is 8.05. The minimum Gasteiger partial charge on any atom is -0.369 e. The second kappa shape index (κ2) is 5.72. The quantitative estimate of drug-likeness (QED) is 0.886. The van der Waals surface area contributed by atoms with E-state index in [-0.39, 0.29) is 23.9 Å². The molecule has 26 heavy (non-hydrogen) atoms. The van der Waals surface area contributed by atoms with Gasteiger partial charge in [-0.15, -0.1) is 0 Å². The van der Waals surface area contributed by atoms with E-state index in [0.717, 1.165) is 5.56 Å². The van der Waals surface area contributed by atoms with Gasteiger partial charge in [0.05, 0.1) is 5.41 Å². The summed E-state index contributed by atoms with van der Waals surface area (Å²) in [7, 11) is 1.53. The third-order valence-corrected chi connectivity index (χ3v) is 6.03. The molecule has 0 radical (unpaired) electrons. The van der Waals surface area contributed by atoms with Crippen LogP contribution in [0.2, 0.25) is 0 Å². The summed E-state index contributed by atoms with van der Waals surface area (Å²) in [5.74, 6) is -3.87. The van der Waals surface area contributed by atoms with Crippen LogP contribution in [0, 0.1) is 17.2 Å². The van der Waals surface area contributed by atoms with E-state index in [1.165, 1.54) is 18.0 Å². The van der Waals surface area contributed by atoms with Gasteiger partial charge in [0.1, 0.15) is 11.4 Å². The molecule has 1 amide bonds. The summed E-state index contributed by atoms with van der Waals surface area (Å²) in [6.45, 7) is 5.10. The lowest BCUT2D eigenvalue weighted by Crippen LogP contribution is -2.58. The van der Waals surface area contributed by atoms with Crippen LogP contribution in [0.4, 0.5) is 13.2 Å². The molecule has 0 bridgehead atoms. The Kier molecular flexibility index (Phi) is 4.12. The van der Waals surface area contributed by atoms with Gasteiger partial charge in [-0.25, -0.2) is 18.2 Å². The average molecular weight is 367 g/mol. The average Bonchev–Trinajstić information content (AvgIpc) is 3.17. The lowest BCUT2D eigenvalue weighted by atomic mass is 9.67. The normalized spacial score (nSPS) is 29.5. The molecule has 2 atom stereocenters. The van der Waals surface area contributed by atoms with E-state index in [1.54, 1.807) is 32.9 Å². The Labute approximate surface area is 151 Å². The molecule has 1 saturated carbocycles. The summed E-state index contributed by atoms with van der Waals surface area (Å²) in [6, 6.07) is 4.54. The van der Waals surface area contributed by atoms with Gasteiger partial charge in [0.2, 0.25) is 5.91 Å². The Morgan fingerprint density at radius 3 is 2.50 bits per heavy atom. The van der Waals surface area contributed by atoms with Crippen molar-refractivity contribution in [3.8, 4) is 0 Å². The van der Waals surface area contributed by atoms with Gasteiger partial charge in [-0.1, -0.05) is 12.1 Å².